The Labute approximate surface area is 287 Å². The summed E-state index contributed by atoms with van der Waals surface area (Å²) >= 11 is 0. The summed E-state index contributed by atoms with van der Waals surface area (Å²) in [5.41, 5.74) is 11.2. The highest BCUT2D eigenvalue weighted by Gasteiger charge is 2.53. The molecule has 0 aromatic heterocycles. The van der Waals surface area contributed by atoms with Crippen molar-refractivity contribution in [1.29, 1.82) is 0 Å². The van der Waals surface area contributed by atoms with Crippen LogP contribution in [0.5, 0.6) is 5.75 Å². The Bertz CT molecular complexity index is 2010. The smallest absolute Gasteiger partial charge is 0.252 e. The van der Waals surface area contributed by atoms with Gasteiger partial charge in [-0.05, 0) is 64.2 Å². The summed E-state index contributed by atoms with van der Waals surface area (Å²) in [6.45, 7) is -0.0980. The Hall–Kier alpha value is -6.03. The average Bonchev–Trinajstić information content (AvgIpc) is 3.53. The molecule has 0 spiro atoms. The predicted molar refractivity (Wildman–Crippen MR) is 186 cm³/mol. The maximum atomic E-state index is 14.7. The Morgan fingerprint density at radius 1 is 0.880 bits per heavy atom. The molecule has 11 heteroatoms. The minimum Gasteiger partial charge on any atom is -0.494 e. The highest BCUT2D eigenvalue weighted by atomic mass is 19.1. The Morgan fingerprint density at radius 2 is 1.54 bits per heavy atom. The maximum absolute atomic E-state index is 14.7. The molecular formula is C39H33F2N5O4. The number of azide groups is 1. The fraction of sp³-hybridized carbons (Fsp3) is 0.179. The number of benzene rings is 5. The van der Waals surface area contributed by atoms with E-state index in [4.69, 9.17) is 19.6 Å². The normalized spacial score (nSPS) is 16.5. The van der Waals surface area contributed by atoms with E-state index in [0.29, 0.717) is 41.2 Å². The fourth-order valence-electron chi connectivity index (χ4n) is 5.88. The Morgan fingerprint density at radius 3 is 2.24 bits per heavy atom. The summed E-state index contributed by atoms with van der Waals surface area (Å²) in [4.78, 5) is 22.5. The third-order valence-electron chi connectivity index (χ3n) is 8.44. The number of amides is 1. The van der Waals surface area contributed by atoms with Crippen molar-refractivity contribution in [2.75, 3.05) is 13.2 Å². The van der Waals surface area contributed by atoms with Gasteiger partial charge >= 0.3 is 0 Å². The molecule has 1 amide bonds. The van der Waals surface area contributed by atoms with Crippen LogP contribution >= 0.6 is 0 Å². The lowest BCUT2D eigenvalue weighted by Gasteiger charge is -2.31. The number of halogens is 2. The molecule has 1 heterocycles. The predicted octanol–water partition coefficient (Wildman–Crippen LogP) is 8.15. The van der Waals surface area contributed by atoms with E-state index in [1.165, 1.54) is 6.07 Å². The van der Waals surface area contributed by atoms with Crippen LogP contribution in [0.25, 0.3) is 21.6 Å². The largest absolute Gasteiger partial charge is 0.494 e. The first kappa shape index (κ1) is 33.9. The zero-order valence-corrected chi connectivity index (χ0v) is 26.9. The van der Waals surface area contributed by atoms with Crippen molar-refractivity contribution in [3.63, 3.8) is 0 Å². The molecule has 9 nitrogen and oxygen atoms in total. The molecule has 1 aliphatic rings. The van der Waals surface area contributed by atoms with Crippen molar-refractivity contribution in [3.8, 4) is 16.9 Å². The molecule has 0 bridgehead atoms. The first-order valence-electron chi connectivity index (χ1n) is 16.0. The molecule has 0 saturated heterocycles. The van der Waals surface area contributed by atoms with Crippen LogP contribution in [0, 0.1) is 11.6 Å². The highest BCUT2D eigenvalue weighted by Crippen LogP contribution is 2.44. The molecule has 1 aliphatic heterocycles. The number of ether oxygens (including phenoxy) is 2. The molecule has 50 heavy (non-hydrogen) atoms. The topological polar surface area (TPSA) is 129 Å². The number of nitrogens with zero attached hydrogens (tertiary/aromatic N) is 4. The summed E-state index contributed by atoms with van der Waals surface area (Å²) < 4.78 is 41.6. The standard InChI is InChI=1S/C39H33F2N5O4/c40-33-11-6-12-34(41)32(33)25-43-38(48)39(24-30-10-4-5-13-35(30)45-46-42)36(28-16-14-27(15-17-28)26-8-2-1-3-9-26)50-37(44-39)29-18-20-31(21-19-29)49-23-7-22-47/h1-6,8-21,36,47H,7,22-25H2,(H,43,48)/t36-,39-/m1/s1. The number of rotatable bonds is 13. The second-order valence-corrected chi connectivity index (χ2v) is 11.7. The van der Waals surface area contributed by atoms with Gasteiger partial charge in [0, 0.05) is 47.7 Å². The Kier molecular flexibility index (Phi) is 10.5. The molecule has 6 rings (SSSR count). The Balaban J connectivity index is 1.45. The van der Waals surface area contributed by atoms with Gasteiger partial charge in [-0.25, -0.2) is 13.8 Å². The first-order valence-corrected chi connectivity index (χ1v) is 16.0. The van der Waals surface area contributed by atoms with Gasteiger partial charge in [0.2, 0.25) is 5.90 Å². The number of nitrogens with one attached hydrogen (secondary N) is 1. The number of aliphatic hydroxyl groups is 1. The average molecular weight is 674 g/mol. The lowest BCUT2D eigenvalue weighted by atomic mass is 9.81. The van der Waals surface area contributed by atoms with Gasteiger partial charge in [-0.3, -0.25) is 4.79 Å². The maximum Gasteiger partial charge on any atom is 0.252 e. The third-order valence-corrected chi connectivity index (χ3v) is 8.44. The quantitative estimate of drug-likeness (QED) is 0.0566. The van der Waals surface area contributed by atoms with E-state index in [9.17, 15) is 19.1 Å². The van der Waals surface area contributed by atoms with Crippen LogP contribution in [-0.4, -0.2) is 35.7 Å². The van der Waals surface area contributed by atoms with Gasteiger partial charge < -0.3 is 19.9 Å². The van der Waals surface area contributed by atoms with Crippen LogP contribution in [0.4, 0.5) is 14.5 Å². The first-order chi connectivity index (χ1) is 24.4. The zero-order chi connectivity index (χ0) is 34.9. The minimum atomic E-state index is -1.72. The SMILES string of the molecule is [N-]=[N+]=Nc1ccccc1C[C@@]1(C(=O)NCc2c(F)cccc2F)N=C(c2ccc(OCCCO)cc2)O[C@@H]1c1ccc(-c2ccccc2)cc1. The summed E-state index contributed by atoms with van der Waals surface area (Å²) in [5, 5.41) is 15.7. The molecule has 0 aliphatic carbocycles. The second-order valence-electron chi connectivity index (χ2n) is 11.7. The van der Waals surface area contributed by atoms with Crippen molar-refractivity contribution in [2.24, 2.45) is 10.1 Å². The van der Waals surface area contributed by atoms with Gasteiger partial charge in [0.1, 0.15) is 17.4 Å². The summed E-state index contributed by atoms with van der Waals surface area (Å²) in [5.74, 6) is -1.50. The van der Waals surface area contributed by atoms with Crippen molar-refractivity contribution < 1.29 is 28.2 Å². The number of carbonyl (C=O) groups is 1. The van der Waals surface area contributed by atoms with Gasteiger partial charge in [-0.2, -0.15) is 0 Å². The van der Waals surface area contributed by atoms with Crippen molar-refractivity contribution in [2.45, 2.75) is 31.0 Å². The summed E-state index contributed by atoms with van der Waals surface area (Å²) in [6.07, 6.45) is -0.605. The molecule has 5 aromatic carbocycles. The van der Waals surface area contributed by atoms with Gasteiger partial charge in [-0.1, -0.05) is 90.0 Å². The van der Waals surface area contributed by atoms with Crippen LogP contribution in [0.2, 0.25) is 0 Å². The minimum absolute atomic E-state index is 0.00690. The molecule has 0 unspecified atom stereocenters. The van der Waals surface area contributed by atoms with Crippen LogP contribution in [-0.2, 0) is 22.5 Å². The number of hydrogen-bond donors (Lipinski definition) is 2. The van der Waals surface area contributed by atoms with Gasteiger partial charge in [0.25, 0.3) is 5.91 Å². The molecule has 0 fully saturated rings. The van der Waals surface area contributed by atoms with Crippen LogP contribution in [0.15, 0.2) is 131 Å². The molecule has 0 radical (unpaired) electrons. The lowest BCUT2D eigenvalue weighted by Crippen LogP contribution is -2.49. The van der Waals surface area contributed by atoms with E-state index >= 15 is 0 Å². The lowest BCUT2D eigenvalue weighted by molar-refractivity contribution is -0.129. The third kappa shape index (κ3) is 7.34. The number of aliphatic hydroxyl groups excluding tert-OH is 1. The van der Waals surface area contributed by atoms with Crippen molar-refractivity contribution in [3.05, 3.63) is 166 Å². The summed E-state index contributed by atoms with van der Waals surface area (Å²) in [6, 6.07) is 34.7. The molecule has 252 valence electrons. The molecule has 5 aromatic rings. The van der Waals surface area contributed by atoms with Crippen LogP contribution in [0.3, 0.4) is 0 Å². The molecule has 2 atom stereocenters. The van der Waals surface area contributed by atoms with Crippen molar-refractivity contribution in [1.82, 2.24) is 5.32 Å². The molecule has 2 N–H and O–H groups in total. The van der Waals surface area contributed by atoms with E-state index < -0.39 is 35.7 Å². The van der Waals surface area contributed by atoms with Gasteiger partial charge in [-0.15, -0.1) is 0 Å². The van der Waals surface area contributed by atoms with E-state index in [-0.39, 0.29) is 24.5 Å². The van der Waals surface area contributed by atoms with Gasteiger partial charge in [0.05, 0.1) is 6.61 Å². The zero-order valence-electron chi connectivity index (χ0n) is 26.9. The van der Waals surface area contributed by atoms with Crippen LogP contribution in [0.1, 0.15) is 34.8 Å². The molecule has 0 saturated carbocycles. The molecular weight excluding hydrogens is 640 g/mol. The number of carbonyl (C=O) groups excluding carboxylic acids is 1. The highest BCUT2D eigenvalue weighted by molar-refractivity contribution is 6.01. The van der Waals surface area contributed by atoms with Crippen LogP contribution < -0.4 is 10.1 Å². The van der Waals surface area contributed by atoms with Crippen molar-refractivity contribution >= 4 is 17.5 Å². The number of hydrogen-bond acceptors (Lipinski definition) is 6. The summed E-state index contributed by atoms with van der Waals surface area (Å²) in [7, 11) is 0. The second kappa shape index (κ2) is 15.5. The van der Waals surface area contributed by atoms with E-state index in [1.54, 1.807) is 48.5 Å². The fourth-order valence-corrected chi connectivity index (χ4v) is 5.88. The monoisotopic (exact) mass is 673 g/mol. The van der Waals surface area contributed by atoms with Gasteiger partial charge in [0.15, 0.2) is 11.6 Å². The number of aliphatic imine (C=N–C) groups is 1. The van der Waals surface area contributed by atoms with E-state index in [0.717, 1.165) is 23.3 Å². The van der Waals surface area contributed by atoms with E-state index in [2.05, 4.69) is 15.3 Å². The van der Waals surface area contributed by atoms with E-state index in [1.807, 2.05) is 54.6 Å².